The highest BCUT2D eigenvalue weighted by molar-refractivity contribution is 5.94. The van der Waals surface area contributed by atoms with Crippen LogP contribution in [-0.2, 0) is 16.1 Å². The number of benzene rings is 2. The fourth-order valence-corrected chi connectivity index (χ4v) is 3.46. The molecular weight excluding hydrogens is 397 g/mol. The average molecular weight is 423 g/mol. The molecule has 1 fully saturated rings. The minimum absolute atomic E-state index is 0.130. The molecule has 31 heavy (non-hydrogen) atoms. The van der Waals surface area contributed by atoms with Crippen LogP contribution in [0, 0.1) is 17.1 Å². The predicted molar refractivity (Wildman–Crippen MR) is 116 cm³/mol. The number of carbonyl (C=O) groups excluding carboxylic acids is 2. The van der Waals surface area contributed by atoms with Crippen LogP contribution in [0.1, 0.15) is 17.5 Å². The first-order chi connectivity index (χ1) is 15.0. The maximum atomic E-state index is 12.9. The highest BCUT2D eigenvalue weighted by Gasteiger charge is 2.17. The normalized spacial score (nSPS) is 15.0. The van der Waals surface area contributed by atoms with E-state index in [2.05, 4.69) is 26.5 Å². The number of hydrogen-bond donors (Lipinski definition) is 2. The van der Waals surface area contributed by atoms with Gasteiger partial charge in [0, 0.05) is 25.3 Å². The molecule has 0 atom stereocenters. The minimum atomic E-state index is -0.376. The Labute approximate surface area is 181 Å². The summed E-state index contributed by atoms with van der Waals surface area (Å²) in [5.41, 5.74) is 2.30. The van der Waals surface area contributed by atoms with Gasteiger partial charge in [0.2, 0.25) is 11.8 Å². The zero-order valence-electron chi connectivity index (χ0n) is 17.3. The number of nitriles is 1. The third kappa shape index (κ3) is 7.48. The molecule has 2 amide bonds. The summed E-state index contributed by atoms with van der Waals surface area (Å²) in [6.07, 6.45) is 0.953. The summed E-state index contributed by atoms with van der Waals surface area (Å²) in [5.74, 6) is -0.932. The van der Waals surface area contributed by atoms with E-state index in [-0.39, 0.29) is 30.7 Å². The Bertz CT molecular complexity index is 924. The van der Waals surface area contributed by atoms with E-state index in [1.165, 1.54) is 24.3 Å². The van der Waals surface area contributed by atoms with Crippen molar-refractivity contribution in [1.82, 2.24) is 15.1 Å². The van der Waals surface area contributed by atoms with Crippen LogP contribution in [-0.4, -0.2) is 60.9 Å². The molecule has 0 unspecified atom stereocenters. The second-order valence-corrected chi connectivity index (χ2v) is 7.55. The highest BCUT2D eigenvalue weighted by Crippen LogP contribution is 2.10. The first-order valence-corrected chi connectivity index (χ1v) is 10.3. The molecule has 1 aliphatic rings. The molecule has 0 radical (unpaired) electrons. The lowest BCUT2D eigenvalue weighted by Gasteiger charge is -2.21. The quantitative estimate of drug-likeness (QED) is 0.711. The molecule has 7 nitrogen and oxygen atoms in total. The van der Waals surface area contributed by atoms with Gasteiger partial charge in [-0.2, -0.15) is 5.26 Å². The van der Waals surface area contributed by atoms with Gasteiger partial charge in [0.1, 0.15) is 5.82 Å². The van der Waals surface area contributed by atoms with Crippen molar-refractivity contribution in [2.75, 3.05) is 44.6 Å². The van der Waals surface area contributed by atoms with Gasteiger partial charge < -0.3 is 10.6 Å². The van der Waals surface area contributed by atoms with Crippen LogP contribution in [0.3, 0.4) is 0 Å². The van der Waals surface area contributed by atoms with E-state index in [1.54, 1.807) is 0 Å². The van der Waals surface area contributed by atoms with E-state index in [4.69, 9.17) is 5.26 Å². The van der Waals surface area contributed by atoms with E-state index in [9.17, 15) is 14.0 Å². The minimum Gasteiger partial charge on any atom is -0.346 e. The van der Waals surface area contributed by atoms with E-state index >= 15 is 0 Å². The maximum absolute atomic E-state index is 12.9. The van der Waals surface area contributed by atoms with Gasteiger partial charge in [0.15, 0.2) is 0 Å². The number of halogens is 1. The van der Waals surface area contributed by atoms with Crippen molar-refractivity contribution < 1.29 is 14.0 Å². The van der Waals surface area contributed by atoms with Crippen molar-refractivity contribution >= 4 is 17.5 Å². The van der Waals surface area contributed by atoms with E-state index < -0.39 is 0 Å². The largest absolute Gasteiger partial charge is 0.346 e. The third-order valence-electron chi connectivity index (χ3n) is 5.11. The summed E-state index contributed by atoms with van der Waals surface area (Å²) in [7, 11) is 0. The average Bonchev–Trinajstić information content (AvgIpc) is 2.99. The Morgan fingerprint density at radius 1 is 0.935 bits per heavy atom. The molecule has 2 aromatic rings. The van der Waals surface area contributed by atoms with Crippen molar-refractivity contribution in [2.24, 2.45) is 0 Å². The number of anilines is 1. The Hall–Kier alpha value is -3.28. The van der Waals surface area contributed by atoms with Gasteiger partial charge in [-0.25, -0.2) is 4.39 Å². The maximum Gasteiger partial charge on any atom is 0.243 e. The van der Waals surface area contributed by atoms with Crippen molar-refractivity contribution in [3.63, 3.8) is 0 Å². The molecule has 1 aliphatic heterocycles. The van der Waals surface area contributed by atoms with Crippen LogP contribution in [0.2, 0.25) is 0 Å². The summed E-state index contributed by atoms with van der Waals surface area (Å²) < 4.78 is 12.9. The monoisotopic (exact) mass is 423 g/mol. The van der Waals surface area contributed by atoms with Crippen molar-refractivity contribution in [2.45, 2.75) is 13.0 Å². The van der Waals surface area contributed by atoms with Gasteiger partial charge >= 0.3 is 0 Å². The fourth-order valence-electron chi connectivity index (χ4n) is 3.46. The molecule has 0 aliphatic carbocycles. The second kappa shape index (κ2) is 11.2. The van der Waals surface area contributed by atoms with Gasteiger partial charge in [-0.15, -0.1) is 0 Å². The molecule has 2 aromatic carbocycles. The molecule has 2 N–H and O–H groups in total. The highest BCUT2D eigenvalue weighted by atomic mass is 19.1. The first-order valence-electron chi connectivity index (χ1n) is 10.3. The first kappa shape index (κ1) is 22.4. The van der Waals surface area contributed by atoms with Gasteiger partial charge in [-0.1, -0.05) is 12.1 Å². The molecule has 1 heterocycles. The summed E-state index contributed by atoms with van der Waals surface area (Å²) in [4.78, 5) is 28.6. The number of hydrogen-bond acceptors (Lipinski definition) is 5. The predicted octanol–water partition coefficient (Wildman–Crippen LogP) is 1.96. The topological polar surface area (TPSA) is 88.5 Å². The fraction of sp³-hybridized carbons (Fsp3) is 0.348. The Morgan fingerprint density at radius 2 is 1.61 bits per heavy atom. The van der Waals surface area contributed by atoms with Gasteiger partial charge in [0.25, 0.3) is 0 Å². The summed E-state index contributed by atoms with van der Waals surface area (Å²) >= 11 is 0. The molecule has 162 valence electrons. The lowest BCUT2D eigenvalue weighted by molar-refractivity contribution is -0.125. The van der Waals surface area contributed by atoms with Crippen molar-refractivity contribution in [3.8, 4) is 6.07 Å². The lowest BCUT2D eigenvalue weighted by Crippen LogP contribution is -2.41. The summed E-state index contributed by atoms with van der Waals surface area (Å²) in [6.45, 7) is 4.31. The number of rotatable bonds is 7. The van der Waals surface area contributed by atoms with Crippen molar-refractivity contribution in [3.05, 3.63) is 65.5 Å². The van der Waals surface area contributed by atoms with E-state index in [1.807, 2.05) is 24.3 Å². The van der Waals surface area contributed by atoms with Gasteiger partial charge in [-0.05, 0) is 61.5 Å². The Kier molecular flexibility index (Phi) is 8.10. The molecular formula is C23H26FN5O2. The summed E-state index contributed by atoms with van der Waals surface area (Å²) in [5, 5.41) is 14.2. The molecule has 0 aromatic heterocycles. The van der Waals surface area contributed by atoms with Gasteiger partial charge in [-0.3, -0.25) is 19.4 Å². The molecule has 0 spiro atoms. The van der Waals surface area contributed by atoms with Crippen LogP contribution in [0.25, 0.3) is 0 Å². The molecule has 1 saturated heterocycles. The molecule has 0 bridgehead atoms. The zero-order valence-corrected chi connectivity index (χ0v) is 17.3. The number of amides is 2. The van der Waals surface area contributed by atoms with Crippen molar-refractivity contribution in [1.29, 1.82) is 5.26 Å². The Balaban J connectivity index is 1.37. The van der Waals surface area contributed by atoms with Gasteiger partial charge in [0.05, 0.1) is 24.7 Å². The smallest absolute Gasteiger partial charge is 0.243 e. The Morgan fingerprint density at radius 3 is 2.32 bits per heavy atom. The van der Waals surface area contributed by atoms with E-state index in [0.717, 1.165) is 44.7 Å². The number of carbonyl (C=O) groups is 2. The standard InChI is InChI=1S/C23H26FN5O2/c24-20-6-8-21(9-7-20)27-22(30)15-26-23(31)17-29-11-1-10-28(12-13-29)16-19-4-2-18(14-25)3-5-19/h2-9H,1,10-13,15-17H2,(H,26,31)(H,27,30). The van der Waals surface area contributed by atoms with Crippen LogP contribution < -0.4 is 10.6 Å². The zero-order chi connectivity index (χ0) is 22.1. The number of nitrogens with one attached hydrogen (secondary N) is 2. The number of nitrogens with zero attached hydrogens (tertiary/aromatic N) is 3. The molecule has 3 rings (SSSR count). The third-order valence-corrected chi connectivity index (χ3v) is 5.11. The summed E-state index contributed by atoms with van der Waals surface area (Å²) in [6, 6.07) is 15.2. The molecule has 0 saturated carbocycles. The lowest BCUT2D eigenvalue weighted by atomic mass is 10.1. The van der Waals surface area contributed by atoms with Crippen LogP contribution in [0.5, 0.6) is 0 Å². The van der Waals surface area contributed by atoms with Crippen LogP contribution >= 0.6 is 0 Å². The van der Waals surface area contributed by atoms with Crippen LogP contribution in [0.4, 0.5) is 10.1 Å². The SMILES string of the molecule is N#Cc1ccc(CN2CCCN(CC(=O)NCC(=O)Nc3ccc(F)cc3)CC2)cc1. The second-order valence-electron chi connectivity index (χ2n) is 7.55. The van der Waals surface area contributed by atoms with Crippen LogP contribution in [0.15, 0.2) is 48.5 Å². The van der Waals surface area contributed by atoms with E-state index in [0.29, 0.717) is 11.3 Å². The molecule has 8 heteroatoms.